The van der Waals surface area contributed by atoms with Crippen molar-refractivity contribution in [3.63, 3.8) is 0 Å². The van der Waals surface area contributed by atoms with Gasteiger partial charge in [0.1, 0.15) is 5.75 Å². The molecule has 2 aromatic rings. The number of anilines is 1. The van der Waals surface area contributed by atoms with Gasteiger partial charge in [0, 0.05) is 20.5 Å². The van der Waals surface area contributed by atoms with Crippen LogP contribution >= 0.6 is 43.5 Å². The highest BCUT2D eigenvalue weighted by molar-refractivity contribution is 9.13. The van der Waals surface area contributed by atoms with Crippen molar-refractivity contribution in [3.8, 4) is 5.75 Å². The molecule has 2 rings (SSSR count). The second kappa shape index (κ2) is 8.06. The summed E-state index contributed by atoms with van der Waals surface area (Å²) in [6, 6.07) is 11.8. The van der Waals surface area contributed by atoms with Gasteiger partial charge in [-0.15, -0.1) is 0 Å². The smallest absolute Gasteiger partial charge is 0.142 e. The molecule has 112 valence electrons. The van der Waals surface area contributed by atoms with E-state index < -0.39 is 0 Å². The Morgan fingerprint density at radius 1 is 1.10 bits per heavy atom. The Hall–Kier alpha value is -0.710. The molecule has 0 radical (unpaired) electrons. The predicted octanol–water partition coefficient (Wildman–Crippen LogP) is 6.27. The minimum Gasteiger partial charge on any atom is -0.491 e. The fourth-order valence-corrected chi connectivity index (χ4v) is 2.67. The summed E-state index contributed by atoms with van der Waals surface area (Å²) in [5.74, 6) is 0.831. The van der Waals surface area contributed by atoms with Crippen LogP contribution in [0.4, 0.5) is 5.69 Å². The molecule has 2 aromatic carbocycles. The molecule has 0 bridgehead atoms. The van der Waals surface area contributed by atoms with Crippen LogP contribution in [0.25, 0.3) is 0 Å². The van der Waals surface area contributed by atoms with Gasteiger partial charge in [-0.2, -0.15) is 0 Å². The van der Waals surface area contributed by atoms with E-state index in [2.05, 4.69) is 56.2 Å². The van der Waals surface area contributed by atoms with Crippen LogP contribution in [0.1, 0.15) is 18.9 Å². The van der Waals surface area contributed by atoms with Crippen molar-refractivity contribution in [2.24, 2.45) is 0 Å². The maximum Gasteiger partial charge on any atom is 0.142 e. The third-order valence-electron chi connectivity index (χ3n) is 2.87. The average Bonchev–Trinajstić information content (AvgIpc) is 2.47. The highest BCUT2D eigenvalue weighted by Crippen LogP contribution is 2.29. The van der Waals surface area contributed by atoms with Gasteiger partial charge in [0.25, 0.3) is 0 Å². The molecule has 0 heterocycles. The second-order valence-corrected chi connectivity index (χ2v) is 6.74. The standard InChI is InChI=1S/C16H16Br2ClNO/c1-2-7-21-16-6-4-12(19)9-15(16)20-10-11-3-5-13(17)14(18)8-11/h3-6,8-9,20H,2,7,10H2,1H3. The zero-order valence-electron chi connectivity index (χ0n) is 11.6. The number of hydrogen-bond acceptors (Lipinski definition) is 2. The third-order valence-corrected chi connectivity index (χ3v) is 4.99. The van der Waals surface area contributed by atoms with Crippen LogP contribution in [0.3, 0.4) is 0 Å². The molecule has 21 heavy (non-hydrogen) atoms. The largest absolute Gasteiger partial charge is 0.491 e. The summed E-state index contributed by atoms with van der Waals surface area (Å²) in [5.41, 5.74) is 2.08. The highest BCUT2D eigenvalue weighted by Gasteiger charge is 2.05. The molecule has 0 aliphatic rings. The fourth-order valence-electron chi connectivity index (χ4n) is 1.83. The summed E-state index contributed by atoms with van der Waals surface area (Å²) in [7, 11) is 0. The van der Waals surface area contributed by atoms with Gasteiger partial charge in [-0.05, 0) is 74.2 Å². The number of halogens is 3. The van der Waals surface area contributed by atoms with Crippen LogP contribution < -0.4 is 10.1 Å². The zero-order valence-corrected chi connectivity index (χ0v) is 15.6. The molecular weight excluding hydrogens is 417 g/mol. The number of hydrogen-bond donors (Lipinski definition) is 1. The van der Waals surface area contributed by atoms with Gasteiger partial charge in [-0.3, -0.25) is 0 Å². The van der Waals surface area contributed by atoms with E-state index in [0.717, 1.165) is 26.8 Å². The van der Waals surface area contributed by atoms with Crippen molar-refractivity contribution in [1.29, 1.82) is 0 Å². The van der Waals surface area contributed by atoms with Crippen molar-refractivity contribution < 1.29 is 4.74 Å². The minimum absolute atomic E-state index is 0.693. The molecule has 0 aliphatic carbocycles. The lowest BCUT2D eigenvalue weighted by atomic mass is 10.2. The predicted molar refractivity (Wildman–Crippen MR) is 96.4 cm³/mol. The first-order valence-electron chi connectivity index (χ1n) is 6.70. The van der Waals surface area contributed by atoms with E-state index in [4.69, 9.17) is 16.3 Å². The lowest BCUT2D eigenvalue weighted by Gasteiger charge is -2.13. The van der Waals surface area contributed by atoms with Crippen molar-refractivity contribution >= 4 is 49.1 Å². The summed E-state index contributed by atoms with van der Waals surface area (Å²) < 4.78 is 7.81. The van der Waals surface area contributed by atoms with Gasteiger partial charge in [0.15, 0.2) is 0 Å². The van der Waals surface area contributed by atoms with E-state index in [9.17, 15) is 0 Å². The third kappa shape index (κ3) is 4.90. The summed E-state index contributed by atoms with van der Waals surface area (Å²) in [6.45, 7) is 3.48. The first kappa shape index (κ1) is 16.7. The summed E-state index contributed by atoms with van der Waals surface area (Å²) in [5, 5.41) is 4.07. The first-order valence-corrected chi connectivity index (χ1v) is 8.66. The molecule has 0 saturated carbocycles. The van der Waals surface area contributed by atoms with Crippen LogP contribution in [-0.4, -0.2) is 6.61 Å². The molecule has 0 atom stereocenters. The Labute approximate surface area is 147 Å². The monoisotopic (exact) mass is 431 g/mol. The second-order valence-electron chi connectivity index (χ2n) is 4.59. The molecule has 2 nitrogen and oxygen atoms in total. The van der Waals surface area contributed by atoms with Crippen molar-refractivity contribution in [2.75, 3.05) is 11.9 Å². The van der Waals surface area contributed by atoms with E-state index in [1.54, 1.807) is 0 Å². The fraction of sp³-hybridized carbons (Fsp3) is 0.250. The van der Waals surface area contributed by atoms with E-state index in [1.165, 1.54) is 5.56 Å². The Bertz CT molecular complexity index is 619. The van der Waals surface area contributed by atoms with Crippen LogP contribution in [0.15, 0.2) is 45.3 Å². The molecule has 0 fully saturated rings. The molecule has 1 N–H and O–H groups in total. The van der Waals surface area contributed by atoms with Crippen molar-refractivity contribution in [3.05, 3.63) is 55.9 Å². The van der Waals surface area contributed by atoms with E-state index >= 15 is 0 Å². The molecule has 0 spiro atoms. The molecule has 0 unspecified atom stereocenters. The Morgan fingerprint density at radius 2 is 1.90 bits per heavy atom. The van der Waals surface area contributed by atoms with Gasteiger partial charge in [0.05, 0.1) is 12.3 Å². The van der Waals surface area contributed by atoms with Gasteiger partial charge in [-0.1, -0.05) is 24.6 Å². The van der Waals surface area contributed by atoms with Gasteiger partial charge in [-0.25, -0.2) is 0 Å². The van der Waals surface area contributed by atoms with Gasteiger partial charge in [0.2, 0.25) is 0 Å². The Morgan fingerprint density at radius 3 is 2.62 bits per heavy atom. The SMILES string of the molecule is CCCOc1ccc(Cl)cc1NCc1ccc(Br)c(Br)c1. The number of nitrogens with one attached hydrogen (secondary N) is 1. The first-order chi connectivity index (χ1) is 10.1. The summed E-state index contributed by atoms with van der Waals surface area (Å²) >= 11 is 13.1. The van der Waals surface area contributed by atoms with Crippen LogP contribution in [0.2, 0.25) is 5.02 Å². The Kier molecular flexibility index (Phi) is 6.40. The zero-order chi connectivity index (χ0) is 15.2. The van der Waals surface area contributed by atoms with Gasteiger partial charge < -0.3 is 10.1 Å². The topological polar surface area (TPSA) is 21.3 Å². The number of benzene rings is 2. The lowest BCUT2D eigenvalue weighted by Crippen LogP contribution is -2.03. The van der Waals surface area contributed by atoms with Crippen LogP contribution in [0, 0.1) is 0 Å². The van der Waals surface area contributed by atoms with Crippen LogP contribution in [0.5, 0.6) is 5.75 Å². The molecule has 5 heteroatoms. The summed E-state index contributed by atoms with van der Waals surface area (Å²) in [6.07, 6.45) is 0.974. The molecule has 0 amide bonds. The average molecular weight is 434 g/mol. The van der Waals surface area contributed by atoms with E-state index in [-0.39, 0.29) is 0 Å². The Balaban J connectivity index is 2.10. The van der Waals surface area contributed by atoms with Crippen LogP contribution in [-0.2, 0) is 6.54 Å². The normalized spacial score (nSPS) is 10.5. The maximum atomic E-state index is 6.07. The highest BCUT2D eigenvalue weighted by atomic mass is 79.9. The number of rotatable bonds is 6. The van der Waals surface area contributed by atoms with Crippen molar-refractivity contribution in [1.82, 2.24) is 0 Å². The molecular formula is C16H16Br2ClNO. The quantitative estimate of drug-likeness (QED) is 0.580. The van der Waals surface area contributed by atoms with Crippen molar-refractivity contribution in [2.45, 2.75) is 19.9 Å². The van der Waals surface area contributed by atoms with E-state index in [1.807, 2.05) is 24.3 Å². The molecule has 0 aromatic heterocycles. The number of ether oxygens (including phenoxy) is 1. The van der Waals surface area contributed by atoms with Gasteiger partial charge >= 0.3 is 0 Å². The summed E-state index contributed by atoms with van der Waals surface area (Å²) in [4.78, 5) is 0. The van der Waals surface area contributed by atoms with E-state index in [0.29, 0.717) is 18.2 Å². The molecule has 0 saturated heterocycles. The molecule has 0 aliphatic heterocycles. The minimum atomic E-state index is 0.693. The maximum absolute atomic E-state index is 6.07. The lowest BCUT2D eigenvalue weighted by molar-refractivity contribution is 0.319.